The van der Waals surface area contributed by atoms with Crippen molar-refractivity contribution in [2.75, 3.05) is 31.3 Å². The second-order valence-corrected chi connectivity index (χ2v) is 6.31. The van der Waals surface area contributed by atoms with Gasteiger partial charge in [-0.05, 0) is 12.1 Å². The number of hydrogen-bond acceptors (Lipinski definition) is 7. The maximum absolute atomic E-state index is 13.5. The highest BCUT2D eigenvalue weighted by Crippen LogP contribution is 2.28. The van der Waals surface area contributed by atoms with Gasteiger partial charge in [-0.1, -0.05) is 35.2 Å². The van der Waals surface area contributed by atoms with E-state index in [1.807, 2.05) is 0 Å². The van der Waals surface area contributed by atoms with E-state index in [2.05, 4.69) is 20.8 Å². The van der Waals surface area contributed by atoms with Crippen LogP contribution in [0.4, 0.5) is 15.2 Å². The third-order valence-electron chi connectivity index (χ3n) is 2.48. The number of rotatable bonds is 8. The lowest BCUT2D eigenvalue weighted by atomic mass is 10.3. The standard InChI is InChI=1S/C13H15FN4O2S2/c1-20-7-6-15-11(19)8-21-13-18-17-12(22-13)16-10-5-3-2-4-9(10)14/h2-5H,6-8H2,1H3,(H,15,19)(H,16,17). The molecule has 2 rings (SSSR count). The minimum atomic E-state index is -0.357. The average molecular weight is 342 g/mol. The summed E-state index contributed by atoms with van der Waals surface area (Å²) >= 11 is 2.55. The first kappa shape index (κ1) is 16.7. The van der Waals surface area contributed by atoms with Crippen LogP contribution in [0.25, 0.3) is 0 Å². The van der Waals surface area contributed by atoms with Crippen molar-refractivity contribution in [3.63, 3.8) is 0 Å². The maximum Gasteiger partial charge on any atom is 0.230 e. The summed E-state index contributed by atoms with van der Waals surface area (Å²) in [6.07, 6.45) is 0. The Morgan fingerprint density at radius 1 is 1.41 bits per heavy atom. The third-order valence-corrected chi connectivity index (χ3v) is 4.45. The number of hydrogen-bond donors (Lipinski definition) is 2. The molecule has 2 N–H and O–H groups in total. The van der Waals surface area contributed by atoms with Crippen LogP contribution in [-0.4, -0.2) is 42.1 Å². The molecule has 0 unspecified atom stereocenters. The Labute approximate surface area is 135 Å². The van der Waals surface area contributed by atoms with Gasteiger partial charge >= 0.3 is 0 Å². The first-order valence-electron chi connectivity index (χ1n) is 6.42. The number of methoxy groups -OCH3 is 1. The topological polar surface area (TPSA) is 76.1 Å². The van der Waals surface area contributed by atoms with Gasteiger partial charge in [0.05, 0.1) is 18.0 Å². The van der Waals surface area contributed by atoms with Gasteiger partial charge in [0, 0.05) is 13.7 Å². The Balaban J connectivity index is 1.82. The SMILES string of the molecule is COCCNC(=O)CSc1nnc(Nc2ccccc2F)s1. The van der Waals surface area contributed by atoms with Crippen molar-refractivity contribution in [1.82, 2.24) is 15.5 Å². The van der Waals surface area contributed by atoms with Gasteiger partial charge in [0.2, 0.25) is 11.0 Å². The van der Waals surface area contributed by atoms with Crippen molar-refractivity contribution >= 4 is 39.8 Å². The van der Waals surface area contributed by atoms with Gasteiger partial charge in [-0.2, -0.15) is 0 Å². The highest BCUT2D eigenvalue weighted by molar-refractivity contribution is 8.01. The summed E-state index contributed by atoms with van der Waals surface area (Å²) < 4.78 is 19.0. The predicted molar refractivity (Wildman–Crippen MR) is 85.2 cm³/mol. The average Bonchev–Trinajstić information content (AvgIpc) is 2.95. The molecule has 118 valence electrons. The predicted octanol–water partition coefficient (Wildman–Crippen LogP) is 2.28. The summed E-state index contributed by atoms with van der Waals surface area (Å²) in [4.78, 5) is 11.5. The number of nitrogens with one attached hydrogen (secondary N) is 2. The summed E-state index contributed by atoms with van der Waals surface area (Å²) in [5, 5.41) is 13.9. The molecule has 0 saturated carbocycles. The van der Waals surface area contributed by atoms with Crippen LogP contribution in [0.1, 0.15) is 0 Å². The van der Waals surface area contributed by atoms with Crippen LogP contribution in [0.15, 0.2) is 28.6 Å². The number of para-hydroxylation sites is 1. The molecule has 0 aliphatic heterocycles. The molecule has 1 heterocycles. The zero-order valence-electron chi connectivity index (χ0n) is 11.8. The second kappa shape index (κ2) is 8.66. The second-order valence-electron chi connectivity index (χ2n) is 4.11. The molecule has 22 heavy (non-hydrogen) atoms. The van der Waals surface area contributed by atoms with Crippen molar-refractivity contribution in [1.29, 1.82) is 0 Å². The van der Waals surface area contributed by atoms with Crippen molar-refractivity contribution < 1.29 is 13.9 Å². The Bertz CT molecular complexity index is 624. The molecule has 1 aromatic carbocycles. The lowest BCUT2D eigenvalue weighted by Gasteiger charge is -2.02. The number of carbonyl (C=O) groups excluding carboxylic acids is 1. The molecule has 6 nitrogen and oxygen atoms in total. The largest absolute Gasteiger partial charge is 0.383 e. The number of aromatic nitrogens is 2. The Morgan fingerprint density at radius 3 is 3.00 bits per heavy atom. The monoisotopic (exact) mass is 342 g/mol. The first-order valence-corrected chi connectivity index (χ1v) is 8.22. The molecule has 0 aliphatic rings. The molecule has 0 aliphatic carbocycles. The molecule has 1 amide bonds. The van der Waals surface area contributed by atoms with Crippen LogP contribution >= 0.6 is 23.1 Å². The molecule has 0 fully saturated rings. The Morgan fingerprint density at radius 2 is 2.23 bits per heavy atom. The van der Waals surface area contributed by atoms with Gasteiger partial charge in [0.1, 0.15) is 5.82 Å². The Hall–Kier alpha value is -1.71. The van der Waals surface area contributed by atoms with Crippen molar-refractivity contribution in [3.05, 3.63) is 30.1 Å². The molecule has 2 aromatic rings. The molecule has 0 spiro atoms. The molecule has 0 atom stereocenters. The lowest BCUT2D eigenvalue weighted by molar-refractivity contribution is -0.118. The number of ether oxygens (including phenoxy) is 1. The summed E-state index contributed by atoms with van der Waals surface area (Å²) in [6.45, 7) is 0.956. The van der Waals surface area contributed by atoms with Crippen molar-refractivity contribution in [2.24, 2.45) is 0 Å². The fourth-order valence-electron chi connectivity index (χ4n) is 1.47. The van der Waals surface area contributed by atoms with E-state index in [1.165, 1.54) is 29.2 Å². The van der Waals surface area contributed by atoms with E-state index in [-0.39, 0.29) is 17.5 Å². The van der Waals surface area contributed by atoms with Gasteiger partial charge in [-0.3, -0.25) is 4.79 Å². The minimum Gasteiger partial charge on any atom is -0.383 e. The van der Waals surface area contributed by atoms with Gasteiger partial charge in [-0.25, -0.2) is 4.39 Å². The Kier molecular flexibility index (Phi) is 6.56. The number of benzene rings is 1. The summed E-state index contributed by atoms with van der Waals surface area (Å²) in [6, 6.07) is 6.33. The van der Waals surface area contributed by atoms with Crippen molar-refractivity contribution in [2.45, 2.75) is 4.34 Å². The van der Waals surface area contributed by atoms with E-state index in [4.69, 9.17) is 4.74 Å². The summed E-state index contributed by atoms with van der Waals surface area (Å²) in [5.74, 6) is -0.205. The van der Waals surface area contributed by atoms with E-state index in [0.29, 0.717) is 28.3 Å². The van der Waals surface area contributed by atoms with Gasteiger partial charge in [0.15, 0.2) is 4.34 Å². The highest BCUT2D eigenvalue weighted by Gasteiger charge is 2.09. The number of nitrogens with zero attached hydrogens (tertiary/aromatic N) is 2. The molecule has 0 bridgehead atoms. The number of amides is 1. The quantitative estimate of drug-likeness (QED) is 0.566. The van der Waals surface area contributed by atoms with Crippen LogP contribution in [0.3, 0.4) is 0 Å². The van der Waals surface area contributed by atoms with Gasteiger partial charge < -0.3 is 15.4 Å². The van der Waals surface area contributed by atoms with Gasteiger partial charge in [0.25, 0.3) is 0 Å². The smallest absolute Gasteiger partial charge is 0.230 e. The molecule has 9 heteroatoms. The van der Waals surface area contributed by atoms with Crippen LogP contribution in [0, 0.1) is 5.82 Å². The third kappa shape index (κ3) is 5.24. The maximum atomic E-state index is 13.5. The summed E-state index contributed by atoms with van der Waals surface area (Å²) in [5.41, 5.74) is 0.340. The van der Waals surface area contributed by atoms with Crippen LogP contribution < -0.4 is 10.6 Å². The zero-order chi connectivity index (χ0) is 15.8. The van der Waals surface area contributed by atoms with E-state index < -0.39 is 0 Å². The lowest BCUT2D eigenvalue weighted by Crippen LogP contribution is -2.28. The molecular formula is C13H15FN4O2S2. The molecule has 0 saturated heterocycles. The number of anilines is 2. The zero-order valence-corrected chi connectivity index (χ0v) is 13.5. The minimum absolute atomic E-state index is 0.0964. The van der Waals surface area contributed by atoms with Crippen LogP contribution in [0.2, 0.25) is 0 Å². The van der Waals surface area contributed by atoms with Crippen LogP contribution in [-0.2, 0) is 9.53 Å². The van der Waals surface area contributed by atoms with E-state index in [1.54, 1.807) is 25.3 Å². The van der Waals surface area contributed by atoms with Crippen molar-refractivity contribution in [3.8, 4) is 0 Å². The number of carbonyl (C=O) groups is 1. The van der Waals surface area contributed by atoms with Gasteiger partial charge in [-0.15, -0.1) is 10.2 Å². The van der Waals surface area contributed by atoms with E-state index >= 15 is 0 Å². The summed E-state index contributed by atoms with van der Waals surface area (Å²) in [7, 11) is 1.58. The van der Waals surface area contributed by atoms with E-state index in [0.717, 1.165) is 0 Å². The highest BCUT2D eigenvalue weighted by atomic mass is 32.2. The molecule has 0 radical (unpaired) electrons. The fraction of sp³-hybridized carbons (Fsp3) is 0.308. The first-order chi connectivity index (χ1) is 10.7. The molecule has 1 aromatic heterocycles. The van der Waals surface area contributed by atoms with Crippen LogP contribution in [0.5, 0.6) is 0 Å². The fourth-order valence-corrected chi connectivity index (χ4v) is 3.06. The van der Waals surface area contributed by atoms with E-state index in [9.17, 15) is 9.18 Å². The number of halogens is 1. The number of thioether (sulfide) groups is 1. The normalized spacial score (nSPS) is 10.5. The molecular weight excluding hydrogens is 327 g/mol.